The van der Waals surface area contributed by atoms with E-state index in [2.05, 4.69) is 110 Å². The van der Waals surface area contributed by atoms with Gasteiger partial charge in [-0.05, 0) is 104 Å². The first-order valence-electron chi connectivity index (χ1n) is 19.3. The van der Waals surface area contributed by atoms with Gasteiger partial charge in [-0.2, -0.15) is 16.8 Å². The summed E-state index contributed by atoms with van der Waals surface area (Å²) in [5.41, 5.74) is 10.3. The summed E-state index contributed by atoms with van der Waals surface area (Å²) < 4.78 is 72.2. The molecule has 0 spiro atoms. The maximum Gasteiger partial charge on any atom is 0.294 e. The Balaban J connectivity index is 1.49. The number of aromatic nitrogens is 2. The minimum atomic E-state index is -4.27. The zero-order chi connectivity index (χ0) is 39.7. The summed E-state index contributed by atoms with van der Waals surface area (Å²) in [6.07, 6.45) is 10.4. The fraction of sp³-hybridized carbons (Fsp3) is 0.442. The number of rotatable bonds is 11. The number of aryl methyl sites for hydroxylation is 3. The van der Waals surface area contributed by atoms with Crippen LogP contribution in [0.1, 0.15) is 106 Å². The number of nitrogens with zero attached hydrogens (tertiary/aromatic N) is 4. The molecule has 3 aliphatic rings. The Morgan fingerprint density at radius 2 is 1.62 bits per heavy atom. The van der Waals surface area contributed by atoms with Crippen LogP contribution in [0.4, 0.5) is 5.69 Å². The van der Waals surface area contributed by atoms with Gasteiger partial charge in [-0.3, -0.25) is 9.11 Å². The molecule has 292 valence electrons. The number of imidazole rings is 1. The number of allylic oxidation sites excluding steroid dienone is 1. The van der Waals surface area contributed by atoms with E-state index >= 15 is 0 Å². The average molecular weight is 787 g/mol. The van der Waals surface area contributed by atoms with Crippen molar-refractivity contribution in [1.82, 2.24) is 9.14 Å². The van der Waals surface area contributed by atoms with Crippen LogP contribution in [0.5, 0.6) is 0 Å². The van der Waals surface area contributed by atoms with Gasteiger partial charge in [0, 0.05) is 46.8 Å². The second-order valence-corrected chi connectivity index (χ2v) is 19.6. The summed E-state index contributed by atoms with van der Waals surface area (Å²) >= 11 is 0. The molecular weight excluding hydrogens is 733 g/mol. The SMILES string of the molecule is CCCN1c2cc3c(cc2C(C)=CC1(C)C)C(c1n(CCCCS(=O)(=O)O)cc[n+]1C)=c1cc2c(cc1C3(C)C)=[N+](Cc1ccc(S(=O)(=O)O)cc1)CCC2. The van der Waals surface area contributed by atoms with E-state index < -0.39 is 20.2 Å². The van der Waals surface area contributed by atoms with Gasteiger partial charge in [0.05, 0.1) is 35.4 Å². The van der Waals surface area contributed by atoms with Gasteiger partial charge >= 0.3 is 0 Å². The van der Waals surface area contributed by atoms with Gasteiger partial charge < -0.3 is 4.90 Å². The van der Waals surface area contributed by atoms with Crippen LogP contribution in [-0.4, -0.2) is 54.9 Å². The molecule has 0 radical (unpaired) electrons. The summed E-state index contributed by atoms with van der Waals surface area (Å²) in [6.45, 7) is 16.7. The predicted octanol–water partition coefficient (Wildman–Crippen LogP) is 5.16. The van der Waals surface area contributed by atoms with Crippen LogP contribution in [-0.2, 0) is 52.2 Å². The van der Waals surface area contributed by atoms with Crippen LogP contribution in [0.25, 0.3) is 11.1 Å². The van der Waals surface area contributed by atoms with Crippen LogP contribution >= 0.6 is 0 Å². The summed E-state index contributed by atoms with van der Waals surface area (Å²) in [6, 6.07) is 16.1. The molecule has 0 atom stereocenters. The van der Waals surface area contributed by atoms with E-state index in [0.29, 0.717) is 25.9 Å². The van der Waals surface area contributed by atoms with E-state index in [-0.39, 0.29) is 21.6 Å². The molecule has 10 nitrogen and oxygen atoms in total. The molecule has 0 saturated heterocycles. The van der Waals surface area contributed by atoms with Crippen molar-refractivity contribution in [1.29, 1.82) is 0 Å². The van der Waals surface area contributed by atoms with Crippen molar-refractivity contribution in [3.8, 4) is 0 Å². The number of fused-ring (bicyclic) bond motifs is 4. The number of benzene rings is 3. The first kappa shape index (κ1) is 39.1. The van der Waals surface area contributed by atoms with Gasteiger partial charge in [-0.25, -0.2) is 13.7 Å². The molecule has 4 aromatic rings. The normalized spacial score (nSPS) is 17.3. The van der Waals surface area contributed by atoms with Crippen LogP contribution < -0.4 is 24.6 Å². The molecule has 1 aromatic heterocycles. The highest BCUT2D eigenvalue weighted by Gasteiger charge is 2.41. The Labute approximate surface area is 325 Å². The Hall–Kier alpha value is -4.10. The lowest BCUT2D eigenvalue weighted by molar-refractivity contribution is -0.673. The molecule has 55 heavy (non-hydrogen) atoms. The molecule has 2 aliphatic heterocycles. The predicted molar refractivity (Wildman–Crippen MR) is 217 cm³/mol. The highest BCUT2D eigenvalue weighted by Crippen LogP contribution is 2.47. The summed E-state index contributed by atoms with van der Waals surface area (Å²) in [5, 5.41) is 2.36. The zero-order valence-corrected chi connectivity index (χ0v) is 34.7. The Bertz CT molecular complexity index is 2580. The largest absolute Gasteiger partial charge is 0.362 e. The first-order chi connectivity index (χ1) is 25.8. The van der Waals surface area contributed by atoms with Crippen LogP contribution in [0.2, 0.25) is 0 Å². The lowest BCUT2D eigenvalue weighted by Gasteiger charge is -2.45. The first-order valence-corrected chi connectivity index (χ1v) is 22.4. The summed E-state index contributed by atoms with van der Waals surface area (Å²) in [4.78, 5) is 2.43. The highest BCUT2D eigenvalue weighted by molar-refractivity contribution is 7.86. The van der Waals surface area contributed by atoms with Gasteiger partial charge in [0.25, 0.3) is 26.1 Å². The van der Waals surface area contributed by atoms with E-state index in [1.807, 2.05) is 0 Å². The molecule has 0 saturated carbocycles. The molecule has 0 amide bonds. The van der Waals surface area contributed by atoms with E-state index in [1.165, 1.54) is 61.8 Å². The number of anilines is 1. The van der Waals surface area contributed by atoms with Gasteiger partial charge in [0.1, 0.15) is 18.9 Å². The quantitative estimate of drug-likeness (QED) is 0.122. The van der Waals surface area contributed by atoms with Gasteiger partial charge in [0.15, 0.2) is 6.54 Å². The van der Waals surface area contributed by atoms with Gasteiger partial charge in [-0.15, -0.1) is 0 Å². The van der Waals surface area contributed by atoms with Crippen molar-refractivity contribution >= 4 is 37.1 Å². The van der Waals surface area contributed by atoms with Crippen molar-refractivity contribution in [3.63, 3.8) is 0 Å². The second kappa shape index (κ2) is 14.1. The Morgan fingerprint density at radius 1 is 0.891 bits per heavy atom. The standard InChI is InChI=1S/C43H52N4O6S2/c1-8-17-47-39-26-37-35(24-33(39)29(2)27-42(47,3)4)40(41-44(7)20-21-45(41)18-9-10-22-54(48,49)50)34-23-31-12-11-19-46(38(31)25-36(34)43(37,5)6)28-30-13-15-32(16-14-30)55(51,52)53/h13-16,20-21,23-27H,8-12,17-19,22,28H2,1-7H3/p+2. The fourth-order valence-electron chi connectivity index (χ4n) is 9.19. The van der Waals surface area contributed by atoms with E-state index in [9.17, 15) is 25.9 Å². The van der Waals surface area contributed by atoms with Crippen molar-refractivity contribution in [2.24, 2.45) is 7.05 Å². The smallest absolute Gasteiger partial charge is 0.294 e. The number of hydrogen-bond acceptors (Lipinski definition) is 5. The zero-order valence-electron chi connectivity index (χ0n) is 33.1. The average Bonchev–Trinajstić information content (AvgIpc) is 3.46. The molecule has 0 bridgehead atoms. The molecule has 0 unspecified atom stereocenters. The lowest BCUT2D eigenvalue weighted by atomic mass is 9.68. The Kier molecular flexibility index (Phi) is 10.1. The monoisotopic (exact) mass is 786 g/mol. The highest BCUT2D eigenvalue weighted by atomic mass is 32.2. The van der Waals surface area contributed by atoms with Crippen LogP contribution in [0, 0.1) is 0 Å². The third-order valence-corrected chi connectivity index (χ3v) is 13.5. The van der Waals surface area contributed by atoms with Crippen molar-refractivity contribution in [2.75, 3.05) is 23.7 Å². The molecule has 7 rings (SSSR count). The topological polar surface area (TPSA) is 124 Å². The second-order valence-electron chi connectivity index (χ2n) is 16.6. The van der Waals surface area contributed by atoms with Crippen LogP contribution in [0.3, 0.4) is 0 Å². The van der Waals surface area contributed by atoms with E-state index in [4.69, 9.17) is 0 Å². The van der Waals surface area contributed by atoms with Crippen molar-refractivity contribution < 1.29 is 30.5 Å². The lowest BCUT2D eigenvalue weighted by Crippen LogP contribution is -2.47. The summed E-state index contributed by atoms with van der Waals surface area (Å²) in [5.74, 6) is 0.779. The molecule has 3 aromatic carbocycles. The number of unbranched alkanes of at least 4 members (excludes halogenated alkanes) is 1. The fourth-order valence-corrected chi connectivity index (χ4v) is 10.2. The molecular formula is C43H54N4O6S2+2. The summed E-state index contributed by atoms with van der Waals surface area (Å²) in [7, 11) is -6.24. The molecule has 2 N–H and O–H groups in total. The molecule has 1 aliphatic carbocycles. The van der Waals surface area contributed by atoms with Crippen LogP contribution in [0.15, 0.2) is 71.9 Å². The Morgan fingerprint density at radius 3 is 2.29 bits per heavy atom. The third kappa shape index (κ3) is 7.34. The minimum Gasteiger partial charge on any atom is -0.362 e. The third-order valence-electron chi connectivity index (χ3n) is 11.8. The maximum atomic E-state index is 11.7. The number of hydrogen-bond donors (Lipinski definition) is 2. The molecule has 3 heterocycles. The molecule has 12 heteroatoms. The van der Waals surface area contributed by atoms with E-state index in [0.717, 1.165) is 49.3 Å². The molecule has 0 fully saturated rings. The van der Waals surface area contributed by atoms with E-state index in [1.54, 1.807) is 12.1 Å². The van der Waals surface area contributed by atoms with Crippen molar-refractivity contribution in [2.45, 2.75) is 103 Å². The minimum absolute atomic E-state index is 0.113. The maximum absolute atomic E-state index is 11.7. The van der Waals surface area contributed by atoms with Gasteiger partial charge in [-0.1, -0.05) is 39.0 Å². The van der Waals surface area contributed by atoms with Crippen molar-refractivity contribution in [3.05, 3.63) is 117 Å². The van der Waals surface area contributed by atoms with Gasteiger partial charge in [0.2, 0.25) is 5.36 Å².